The highest BCUT2D eigenvalue weighted by Gasteiger charge is 2.15. The number of carbonyl (C=O) groups excluding carboxylic acids is 1. The van der Waals surface area contributed by atoms with E-state index in [9.17, 15) is 4.79 Å². The average molecular weight is 389 g/mol. The summed E-state index contributed by atoms with van der Waals surface area (Å²) in [5.74, 6) is 0.353. The van der Waals surface area contributed by atoms with Gasteiger partial charge in [-0.2, -0.15) is 0 Å². The molecule has 1 amide bonds. The van der Waals surface area contributed by atoms with E-state index in [1.807, 2.05) is 12.1 Å². The smallest absolute Gasteiger partial charge is 0.265 e. The van der Waals surface area contributed by atoms with E-state index >= 15 is 0 Å². The summed E-state index contributed by atoms with van der Waals surface area (Å²) in [7, 11) is 0. The molecule has 0 heterocycles. The van der Waals surface area contributed by atoms with Gasteiger partial charge in [0.05, 0.1) is 10.0 Å². The Kier molecular flexibility index (Phi) is 5.51. The second-order valence-corrected chi connectivity index (χ2v) is 6.06. The van der Waals surface area contributed by atoms with Crippen LogP contribution in [0.1, 0.15) is 6.92 Å². The molecule has 0 saturated heterocycles. The predicted octanol–water partition coefficient (Wildman–Crippen LogP) is 5.16. The van der Waals surface area contributed by atoms with Gasteiger partial charge in [0.1, 0.15) is 5.75 Å². The Morgan fingerprint density at radius 2 is 1.81 bits per heavy atom. The molecule has 21 heavy (non-hydrogen) atoms. The molecule has 0 saturated carbocycles. The van der Waals surface area contributed by atoms with Crippen LogP contribution in [0.5, 0.6) is 5.75 Å². The van der Waals surface area contributed by atoms with Gasteiger partial charge in [-0.15, -0.1) is 0 Å². The monoisotopic (exact) mass is 387 g/mol. The molecular weight excluding hydrogens is 377 g/mol. The molecule has 0 radical (unpaired) electrons. The zero-order valence-electron chi connectivity index (χ0n) is 11.1. The highest BCUT2D eigenvalue weighted by atomic mass is 79.9. The molecule has 0 aromatic heterocycles. The van der Waals surface area contributed by atoms with Gasteiger partial charge in [0.15, 0.2) is 6.10 Å². The first-order chi connectivity index (χ1) is 9.95. The molecule has 0 bridgehead atoms. The van der Waals surface area contributed by atoms with Gasteiger partial charge < -0.3 is 10.1 Å². The standard InChI is InChI=1S/C15H12BrCl2NO2/c1-9(21-12-5-2-10(16)3-6-12)15(20)19-11-4-7-13(17)14(18)8-11/h2-9H,1H3,(H,19,20)/t9-/m1/s1. The van der Waals surface area contributed by atoms with Crippen LogP contribution in [0.4, 0.5) is 5.69 Å². The number of carbonyl (C=O) groups is 1. The first-order valence-electron chi connectivity index (χ1n) is 6.14. The number of rotatable bonds is 4. The van der Waals surface area contributed by atoms with E-state index in [4.69, 9.17) is 27.9 Å². The minimum atomic E-state index is -0.638. The maximum Gasteiger partial charge on any atom is 0.265 e. The van der Waals surface area contributed by atoms with Crippen LogP contribution in [0.15, 0.2) is 46.9 Å². The van der Waals surface area contributed by atoms with Crippen LogP contribution in [-0.4, -0.2) is 12.0 Å². The van der Waals surface area contributed by atoms with Crippen LogP contribution >= 0.6 is 39.1 Å². The SMILES string of the molecule is C[C@@H](Oc1ccc(Br)cc1)C(=O)Nc1ccc(Cl)c(Cl)c1. The molecule has 0 spiro atoms. The van der Waals surface area contributed by atoms with Crippen LogP contribution in [0.3, 0.4) is 0 Å². The van der Waals surface area contributed by atoms with E-state index in [0.29, 0.717) is 21.5 Å². The fraction of sp³-hybridized carbons (Fsp3) is 0.133. The summed E-state index contributed by atoms with van der Waals surface area (Å²) < 4.78 is 6.51. The zero-order chi connectivity index (χ0) is 15.4. The predicted molar refractivity (Wildman–Crippen MR) is 89.3 cm³/mol. The molecule has 2 aromatic rings. The number of halogens is 3. The Morgan fingerprint density at radius 3 is 2.43 bits per heavy atom. The van der Waals surface area contributed by atoms with Gasteiger partial charge in [-0.3, -0.25) is 4.79 Å². The molecule has 110 valence electrons. The second-order valence-electron chi connectivity index (χ2n) is 4.33. The fourth-order valence-corrected chi connectivity index (χ4v) is 2.15. The molecule has 0 fully saturated rings. The van der Waals surface area contributed by atoms with Crippen molar-refractivity contribution in [2.24, 2.45) is 0 Å². The van der Waals surface area contributed by atoms with Crippen molar-refractivity contribution in [3.63, 3.8) is 0 Å². The Hall–Kier alpha value is -1.23. The van der Waals surface area contributed by atoms with Crippen molar-refractivity contribution in [1.29, 1.82) is 0 Å². The molecule has 2 rings (SSSR count). The number of amides is 1. The van der Waals surface area contributed by atoms with E-state index in [1.54, 1.807) is 37.3 Å². The lowest BCUT2D eigenvalue weighted by Gasteiger charge is -2.15. The van der Waals surface area contributed by atoms with Crippen molar-refractivity contribution in [1.82, 2.24) is 0 Å². The topological polar surface area (TPSA) is 38.3 Å². The molecule has 0 aliphatic heterocycles. The minimum absolute atomic E-state index is 0.267. The quantitative estimate of drug-likeness (QED) is 0.785. The van der Waals surface area contributed by atoms with E-state index in [-0.39, 0.29) is 5.91 Å². The first kappa shape index (κ1) is 16.1. The van der Waals surface area contributed by atoms with Crippen molar-refractivity contribution >= 4 is 50.7 Å². The Labute approximate surface area is 141 Å². The van der Waals surface area contributed by atoms with E-state index in [1.165, 1.54) is 0 Å². The summed E-state index contributed by atoms with van der Waals surface area (Å²) in [6, 6.07) is 12.2. The second kappa shape index (κ2) is 7.16. The zero-order valence-corrected chi connectivity index (χ0v) is 14.2. The van der Waals surface area contributed by atoms with E-state index in [2.05, 4.69) is 21.2 Å². The number of anilines is 1. The molecule has 1 atom stereocenters. The van der Waals surface area contributed by atoms with Crippen LogP contribution in [0, 0.1) is 0 Å². The largest absolute Gasteiger partial charge is 0.481 e. The Bertz CT molecular complexity index is 647. The molecular formula is C15H12BrCl2NO2. The number of hydrogen-bond donors (Lipinski definition) is 1. The molecule has 3 nitrogen and oxygen atoms in total. The Balaban J connectivity index is 1.98. The normalized spacial score (nSPS) is 11.8. The highest BCUT2D eigenvalue weighted by Crippen LogP contribution is 2.25. The third-order valence-electron chi connectivity index (χ3n) is 2.68. The lowest BCUT2D eigenvalue weighted by Crippen LogP contribution is -2.30. The number of ether oxygens (including phenoxy) is 1. The summed E-state index contributed by atoms with van der Waals surface area (Å²) in [5, 5.41) is 3.55. The molecule has 0 aliphatic rings. The van der Waals surface area contributed by atoms with Crippen molar-refractivity contribution < 1.29 is 9.53 Å². The van der Waals surface area contributed by atoms with Crippen LogP contribution in [0.2, 0.25) is 10.0 Å². The van der Waals surface area contributed by atoms with Crippen LogP contribution in [0.25, 0.3) is 0 Å². The average Bonchev–Trinajstić information content (AvgIpc) is 2.45. The first-order valence-corrected chi connectivity index (χ1v) is 7.69. The summed E-state index contributed by atoms with van der Waals surface area (Å²) in [6.45, 7) is 1.68. The van der Waals surface area contributed by atoms with E-state index in [0.717, 1.165) is 4.47 Å². The van der Waals surface area contributed by atoms with Crippen LogP contribution in [-0.2, 0) is 4.79 Å². The summed E-state index contributed by atoms with van der Waals surface area (Å²) >= 11 is 15.1. The van der Waals surface area contributed by atoms with Gasteiger partial charge in [-0.05, 0) is 49.4 Å². The lowest BCUT2D eigenvalue weighted by atomic mass is 10.3. The fourth-order valence-electron chi connectivity index (χ4n) is 1.59. The van der Waals surface area contributed by atoms with Crippen molar-refractivity contribution in [2.75, 3.05) is 5.32 Å². The van der Waals surface area contributed by atoms with Gasteiger partial charge in [0.2, 0.25) is 0 Å². The Morgan fingerprint density at radius 1 is 1.14 bits per heavy atom. The van der Waals surface area contributed by atoms with Crippen LogP contribution < -0.4 is 10.1 Å². The van der Waals surface area contributed by atoms with Gasteiger partial charge in [0.25, 0.3) is 5.91 Å². The maximum atomic E-state index is 12.1. The van der Waals surface area contributed by atoms with Gasteiger partial charge in [0, 0.05) is 10.2 Å². The van der Waals surface area contributed by atoms with Gasteiger partial charge in [-0.1, -0.05) is 39.1 Å². The summed E-state index contributed by atoms with van der Waals surface area (Å²) in [4.78, 5) is 12.1. The van der Waals surface area contributed by atoms with Crippen molar-refractivity contribution in [3.8, 4) is 5.75 Å². The van der Waals surface area contributed by atoms with Crippen molar-refractivity contribution in [2.45, 2.75) is 13.0 Å². The summed E-state index contributed by atoms with van der Waals surface area (Å²) in [6.07, 6.45) is -0.638. The van der Waals surface area contributed by atoms with E-state index < -0.39 is 6.10 Å². The molecule has 6 heteroatoms. The molecule has 2 aromatic carbocycles. The van der Waals surface area contributed by atoms with Crippen molar-refractivity contribution in [3.05, 3.63) is 57.0 Å². The third kappa shape index (κ3) is 4.63. The molecule has 0 unspecified atom stereocenters. The minimum Gasteiger partial charge on any atom is -0.481 e. The lowest BCUT2D eigenvalue weighted by molar-refractivity contribution is -0.122. The molecule has 0 aliphatic carbocycles. The third-order valence-corrected chi connectivity index (χ3v) is 3.95. The van der Waals surface area contributed by atoms with Gasteiger partial charge >= 0.3 is 0 Å². The highest BCUT2D eigenvalue weighted by molar-refractivity contribution is 9.10. The molecule has 1 N–H and O–H groups in total. The summed E-state index contributed by atoms with van der Waals surface area (Å²) in [5.41, 5.74) is 0.570. The number of hydrogen-bond acceptors (Lipinski definition) is 2. The maximum absolute atomic E-state index is 12.1. The number of nitrogens with one attached hydrogen (secondary N) is 1. The van der Waals surface area contributed by atoms with Gasteiger partial charge in [-0.25, -0.2) is 0 Å². The number of benzene rings is 2.